The molecule has 5 nitrogen and oxygen atoms in total. The van der Waals surface area contributed by atoms with Gasteiger partial charge in [0.15, 0.2) is 5.76 Å². The number of esters is 1. The fraction of sp³-hybridized carbons (Fsp3) is 0.185. The standard InChI is InChI=1S/C27H24O5/c1-27(2,3)19-10-8-17(9-11-19)14-24-25(28)22-13-12-21(16-23(22)32-24)31-26(29)18-6-5-7-20(15-18)30-4/h5-16H,1-4H3. The van der Waals surface area contributed by atoms with Crippen LogP contribution in [-0.4, -0.2) is 18.9 Å². The van der Waals surface area contributed by atoms with Gasteiger partial charge in [0.2, 0.25) is 5.78 Å². The summed E-state index contributed by atoms with van der Waals surface area (Å²) in [6, 6.07) is 19.5. The molecular formula is C27H24O5. The summed E-state index contributed by atoms with van der Waals surface area (Å²) >= 11 is 0. The van der Waals surface area contributed by atoms with Gasteiger partial charge >= 0.3 is 5.97 Å². The van der Waals surface area contributed by atoms with Crippen molar-refractivity contribution in [1.29, 1.82) is 0 Å². The third-order valence-corrected chi connectivity index (χ3v) is 5.23. The SMILES string of the molecule is COc1cccc(C(=O)Oc2ccc3c(c2)OC(=Cc2ccc(C(C)(C)C)cc2)C3=O)c1. The van der Waals surface area contributed by atoms with Gasteiger partial charge in [-0.15, -0.1) is 0 Å². The lowest BCUT2D eigenvalue weighted by molar-refractivity contribution is 0.0734. The number of allylic oxidation sites excluding steroid dienone is 1. The number of benzene rings is 3. The van der Waals surface area contributed by atoms with E-state index in [1.165, 1.54) is 12.7 Å². The van der Waals surface area contributed by atoms with Gasteiger partial charge in [0.05, 0.1) is 18.2 Å². The third kappa shape index (κ3) is 4.42. The Hall–Kier alpha value is -3.86. The number of hydrogen-bond donors (Lipinski definition) is 0. The number of fused-ring (bicyclic) bond motifs is 1. The van der Waals surface area contributed by atoms with Crippen molar-refractivity contribution >= 4 is 17.8 Å². The summed E-state index contributed by atoms with van der Waals surface area (Å²) in [7, 11) is 1.53. The van der Waals surface area contributed by atoms with Gasteiger partial charge in [0.25, 0.3) is 0 Å². The van der Waals surface area contributed by atoms with E-state index in [2.05, 4.69) is 32.9 Å². The fourth-order valence-corrected chi connectivity index (χ4v) is 3.38. The molecule has 1 aliphatic heterocycles. The van der Waals surface area contributed by atoms with E-state index >= 15 is 0 Å². The van der Waals surface area contributed by atoms with Gasteiger partial charge in [0, 0.05) is 6.07 Å². The van der Waals surface area contributed by atoms with Crippen molar-refractivity contribution in [2.24, 2.45) is 0 Å². The molecule has 0 fully saturated rings. The topological polar surface area (TPSA) is 61.8 Å². The summed E-state index contributed by atoms with van der Waals surface area (Å²) in [6.07, 6.45) is 1.72. The highest BCUT2D eigenvalue weighted by atomic mass is 16.5. The molecule has 0 saturated carbocycles. The van der Waals surface area contributed by atoms with E-state index in [1.54, 1.807) is 48.5 Å². The van der Waals surface area contributed by atoms with E-state index in [0.717, 1.165) is 5.56 Å². The van der Waals surface area contributed by atoms with Crippen LogP contribution in [0.5, 0.6) is 17.2 Å². The second-order valence-corrected chi connectivity index (χ2v) is 8.59. The van der Waals surface area contributed by atoms with Crippen molar-refractivity contribution in [3.63, 3.8) is 0 Å². The smallest absolute Gasteiger partial charge is 0.343 e. The van der Waals surface area contributed by atoms with Gasteiger partial charge in [-0.25, -0.2) is 4.79 Å². The summed E-state index contributed by atoms with van der Waals surface area (Å²) in [5.41, 5.74) is 2.94. The molecule has 1 heterocycles. The number of methoxy groups -OCH3 is 1. The Kier molecular flexibility index (Phi) is 5.57. The summed E-state index contributed by atoms with van der Waals surface area (Å²) in [6.45, 7) is 6.46. The average Bonchev–Trinajstić information content (AvgIpc) is 3.08. The summed E-state index contributed by atoms with van der Waals surface area (Å²) in [5, 5.41) is 0. The molecule has 3 aromatic rings. The molecule has 0 amide bonds. The fourth-order valence-electron chi connectivity index (χ4n) is 3.38. The molecule has 162 valence electrons. The Morgan fingerprint density at radius 2 is 1.69 bits per heavy atom. The zero-order chi connectivity index (χ0) is 22.9. The molecule has 0 spiro atoms. The molecule has 0 unspecified atom stereocenters. The highest BCUT2D eigenvalue weighted by Crippen LogP contribution is 2.35. The number of carbonyl (C=O) groups is 2. The third-order valence-electron chi connectivity index (χ3n) is 5.23. The Labute approximate surface area is 187 Å². The number of ketones is 1. The summed E-state index contributed by atoms with van der Waals surface area (Å²) in [4.78, 5) is 25.2. The van der Waals surface area contributed by atoms with E-state index in [0.29, 0.717) is 28.4 Å². The molecule has 0 aliphatic carbocycles. The lowest BCUT2D eigenvalue weighted by Gasteiger charge is -2.18. The van der Waals surface area contributed by atoms with E-state index in [1.807, 2.05) is 12.1 Å². The molecule has 5 heteroatoms. The van der Waals surface area contributed by atoms with Crippen molar-refractivity contribution in [3.05, 3.63) is 94.7 Å². The largest absolute Gasteiger partial charge is 0.497 e. The minimum absolute atomic E-state index is 0.0559. The normalized spacial score (nSPS) is 14.1. The molecule has 1 aliphatic rings. The first-order valence-corrected chi connectivity index (χ1v) is 10.3. The van der Waals surface area contributed by atoms with E-state index in [9.17, 15) is 9.59 Å². The minimum Gasteiger partial charge on any atom is -0.497 e. The lowest BCUT2D eigenvalue weighted by Crippen LogP contribution is -2.10. The van der Waals surface area contributed by atoms with Crippen molar-refractivity contribution in [1.82, 2.24) is 0 Å². The van der Waals surface area contributed by atoms with Crippen LogP contribution in [0.2, 0.25) is 0 Å². The molecule has 4 rings (SSSR count). The number of carbonyl (C=O) groups excluding carboxylic acids is 2. The molecular weight excluding hydrogens is 404 g/mol. The predicted octanol–water partition coefficient (Wildman–Crippen LogP) is 5.83. The van der Waals surface area contributed by atoms with E-state index in [4.69, 9.17) is 14.2 Å². The van der Waals surface area contributed by atoms with Gasteiger partial charge < -0.3 is 14.2 Å². The second kappa shape index (κ2) is 8.35. The maximum absolute atomic E-state index is 12.7. The second-order valence-electron chi connectivity index (χ2n) is 8.59. The quantitative estimate of drug-likeness (QED) is 0.297. The van der Waals surface area contributed by atoms with Crippen LogP contribution in [-0.2, 0) is 5.41 Å². The molecule has 32 heavy (non-hydrogen) atoms. The van der Waals surface area contributed by atoms with Crippen LogP contribution < -0.4 is 14.2 Å². The van der Waals surface area contributed by atoms with Crippen LogP contribution in [0, 0.1) is 0 Å². The zero-order valence-electron chi connectivity index (χ0n) is 18.5. The Morgan fingerprint density at radius 3 is 2.38 bits per heavy atom. The average molecular weight is 428 g/mol. The first-order chi connectivity index (χ1) is 15.2. The molecule has 0 atom stereocenters. The van der Waals surface area contributed by atoms with Crippen LogP contribution in [0.3, 0.4) is 0 Å². The molecule has 0 N–H and O–H groups in total. The molecule has 0 bridgehead atoms. The lowest BCUT2D eigenvalue weighted by atomic mass is 9.86. The first kappa shape index (κ1) is 21.4. The highest BCUT2D eigenvalue weighted by Gasteiger charge is 2.28. The summed E-state index contributed by atoms with van der Waals surface area (Å²) < 4.78 is 16.4. The van der Waals surface area contributed by atoms with Crippen molar-refractivity contribution in [3.8, 4) is 17.2 Å². The molecule has 0 radical (unpaired) electrons. The van der Waals surface area contributed by atoms with Crippen LogP contribution >= 0.6 is 0 Å². The molecule has 3 aromatic carbocycles. The summed E-state index contributed by atoms with van der Waals surface area (Å²) in [5.74, 6) is 0.726. The van der Waals surface area contributed by atoms with Gasteiger partial charge in [-0.3, -0.25) is 4.79 Å². The van der Waals surface area contributed by atoms with Crippen molar-refractivity contribution < 1.29 is 23.8 Å². The number of Topliss-reactive ketones (excluding diaryl/α,β-unsaturated/α-hetero) is 1. The zero-order valence-corrected chi connectivity index (χ0v) is 18.5. The number of hydrogen-bond acceptors (Lipinski definition) is 5. The van der Waals surface area contributed by atoms with Crippen LogP contribution in [0.4, 0.5) is 0 Å². The molecule has 0 aromatic heterocycles. The Bertz CT molecular complexity index is 1210. The van der Waals surface area contributed by atoms with Gasteiger partial charge in [-0.1, -0.05) is 51.1 Å². The van der Waals surface area contributed by atoms with Crippen LogP contribution in [0.1, 0.15) is 52.6 Å². The Morgan fingerprint density at radius 1 is 0.938 bits per heavy atom. The number of rotatable bonds is 4. The predicted molar refractivity (Wildman–Crippen MR) is 122 cm³/mol. The number of ether oxygens (including phenoxy) is 3. The van der Waals surface area contributed by atoms with Crippen molar-refractivity contribution in [2.75, 3.05) is 7.11 Å². The monoisotopic (exact) mass is 428 g/mol. The van der Waals surface area contributed by atoms with E-state index < -0.39 is 5.97 Å². The van der Waals surface area contributed by atoms with E-state index in [-0.39, 0.29) is 17.0 Å². The first-order valence-electron chi connectivity index (χ1n) is 10.3. The van der Waals surface area contributed by atoms with Crippen LogP contribution in [0.25, 0.3) is 6.08 Å². The van der Waals surface area contributed by atoms with Gasteiger partial charge in [-0.05, 0) is 52.9 Å². The minimum atomic E-state index is -0.525. The van der Waals surface area contributed by atoms with Gasteiger partial charge in [0.1, 0.15) is 17.2 Å². The Balaban J connectivity index is 1.52. The van der Waals surface area contributed by atoms with Crippen molar-refractivity contribution in [2.45, 2.75) is 26.2 Å². The molecule has 0 saturated heterocycles. The highest BCUT2D eigenvalue weighted by molar-refractivity contribution is 6.14. The van der Waals surface area contributed by atoms with Crippen LogP contribution in [0.15, 0.2) is 72.5 Å². The van der Waals surface area contributed by atoms with Gasteiger partial charge in [-0.2, -0.15) is 0 Å². The maximum Gasteiger partial charge on any atom is 0.343 e. The maximum atomic E-state index is 12.7.